The lowest BCUT2D eigenvalue weighted by molar-refractivity contribution is -0.133. The van der Waals surface area contributed by atoms with Crippen LogP contribution in [0.5, 0.6) is 0 Å². The standard InChI is InChI=1S/C20H25N5O/c1-14-22-17-13-25(20(26)18(21)15-7-3-2-4-8-15)12-9-16(17)19(23-14)24-10-5-6-11-24/h2-4,7-8,18H,5-6,9-13,21H2,1H3/t18-/m0/s1. The van der Waals surface area contributed by atoms with E-state index in [9.17, 15) is 4.79 Å². The molecule has 2 aliphatic rings. The first-order chi connectivity index (χ1) is 12.6. The van der Waals surface area contributed by atoms with Crippen LogP contribution in [0.15, 0.2) is 30.3 Å². The Labute approximate surface area is 154 Å². The molecule has 1 atom stereocenters. The van der Waals surface area contributed by atoms with E-state index in [1.165, 1.54) is 18.4 Å². The second-order valence-electron chi connectivity index (χ2n) is 7.11. The molecule has 0 saturated carbocycles. The third-order valence-corrected chi connectivity index (χ3v) is 5.30. The number of hydrogen-bond donors (Lipinski definition) is 1. The second-order valence-corrected chi connectivity index (χ2v) is 7.11. The first kappa shape index (κ1) is 17.0. The van der Waals surface area contributed by atoms with Gasteiger partial charge in [-0.25, -0.2) is 9.97 Å². The Hall–Kier alpha value is -2.47. The Bertz CT molecular complexity index is 801. The third-order valence-electron chi connectivity index (χ3n) is 5.30. The SMILES string of the molecule is Cc1nc2c(c(N3CCCC3)n1)CCN(C(=O)[C@@H](N)c1ccccc1)C2. The number of amides is 1. The molecule has 1 aromatic heterocycles. The molecule has 3 heterocycles. The van der Waals surface area contributed by atoms with Crippen molar-refractivity contribution in [2.24, 2.45) is 5.73 Å². The second kappa shape index (κ2) is 7.03. The molecule has 136 valence electrons. The molecule has 0 spiro atoms. The van der Waals surface area contributed by atoms with Crippen LogP contribution < -0.4 is 10.6 Å². The zero-order valence-corrected chi connectivity index (χ0v) is 15.2. The number of nitrogens with two attached hydrogens (primary N) is 1. The lowest BCUT2D eigenvalue weighted by Crippen LogP contribution is -2.42. The molecular formula is C20H25N5O. The Morgan fingerprint density at radius 1 is 1.12 bits per heavy atom. The molecule has 1 aromatic carbocycles. The summed E-state index contributed by atoms with van der Waals surface area (Å²) in [6, 6.07) is 8.92. The van der Waals surface area contributed by atoms with Gasteiger partial charge in [0, 0.05) is 25.2 Å². The van der Waals surface area contributed by atoms with E-state index < -0.39 is 6.04 Å². The number of aromatic nitrogens is 2. The highest BCUT2D eigenvalue weighted by Crippen LogP contribution is 2.29. The summed E-state index contributed by atoms with van der Waals surface area (Å²) in [5, 5.41) is 0. The molecule has 1 amide bonds. The smallest absolute Gasteiger partial charge is 0.244 e. The van der Waals surface area contributed by atoms with Crippen molar-refractivity contribution in [3.8, 4) is 0 Å². The molecule has 6 heteroatoms. The van der Waals surface area contributed by atoms with Gasteiger partial charge in [-0.3, -0.25) is 4.79 Å². The number of rotatable bonds is 3. The van der Waals surface area contributed by atoms with E-state index in [1.54, 1.807) is 0 Å². The normalized spacial score (nSPS) is 17.9. The minimum absolute atomic E-state index is 0.0409. The first-order valence-corrected chi connectivity index (χ1v) is 9.34. The van der Waals surface area contributed by atoms with Crippen LogP contribution in [0.4, 0.5) is 5.82 Å². The third kappa shape index (κ3) is 3.17. The van der Waals surface area contributed by atoms with Crippen LogP contribution in [0.2, 0.25) is 0 Å². The van der Waals surface area contributed by atoms with Crippen molar-refractivity contribution >= 4 is 11.7 Å². The van der Waals surface area contributed by atoms with Gasteiger partial charge in [0.05, 0.1) is 12.2 Å². The highest BCUT2D eigenvalue weighted by atomic mass is 16.2. The van der Waals surface area contributed by atoms with Crippen molar-refractivity contribution in [1.82, 2.24) is 14.9 Å². The highest BCUT2D eigenvalue weighted by Gasteiger charge is 2.30. The summed E-state index contributed by atoms with van der Waals surface area (Å²) in [6.45, 7) is 5.23. The fourth-order valence-electron chi connectivity index (χ4n) is 3.91. The average molecular weight is 351 g/mol. The number of carbonyl (C=O) groups is 1. The topological polar surface area (TPSA) is 75.4 Å². The first-order valence-electron chi connectivity index (χ1n) is 9.34. The summed E-state index contributed by atoms with van der Waals surface area (Å²) < 4.78 is 0. The zero-order valence-electron chi connectivity index (χ0n) is 15.2. The maximum atomic E-state index is 12.9. The molecule has 4 rings (SSSR count). The fourth-order valence-corrected chi connectivity index (χ4v) is 3.91. The van der Waals surface area contributed by atoms with Crippen molar-refractivity contribution in [2.45, 2.75) is 38.8 Å². The summed E-state index contributed by atoms with van der Waals surface area (Å²) in [5.41, 5.74) is 9.24. The van der Waals surface area contributed by atoms with Gasteiger partial charge in [-0.15, -0.1) is 0 Å². The van der Waals surface area contributed by atoms with Gasteiger partial charge in [-0.1, -0.05) is 30.3 Å². The molecule has 0 unspecified atom stereocenters. The average Bonchev–Trinajstić information content (AvgIpc) is 3.21. The lowest BCUT2D eigenvalue weighted by atomic mass is 10.0. The predicted molar refractivity (Wildman–Crippen MR) is 101 cm³/mol. The number of aryl methyl sites for hydroxylation is 1. The number of anilines is 1. The van der Waals surface area contributed by atoms with Gasteiger partial charge in [0.1, 0.15) is 17.7 Å². The van der Waals surface area contributed by atoms with Crippen LogP contribution in [0.3, 0.4) is 0 Å². The number of carbonyl (C=O) groups excluding carboxylic acids is 1. The van der Waals surface area contributed by atoms with E-state index in [0.717, 1.165) is 42.4 Å². The van der Waals surface area contributed by atoms with E-state index in [1.807, 2.05) is 42.2 Å². The van der Waals surface area contributed by atoms with E-state index in [2.05, 4.69) is 9.88 Å². The molecule has 2 aliphatic heterocycles. The van der Waals surface area contributed by atoms with Crippen molar-refractivity contribution in [3.05, 3.63) is 53.0 Å². The summed E-state index contributed by atoms with van der Waals surface area (Å²) in [6.07, 6.45) is 3.22. The number of benzene rings is 1. The molecule has 1 fully saturated rings. The fraction of sp³-hybridized carbons (Fsp3) is 0.450. The monoisotopic (exact) mass is 351 g/mol. The Balaban J connectivity index is 1.57. The van der Waals surface area contributed by atoms with Gasteiger partial charge >= 0.3 is 0 Å². The Morgan fingerprint density at radius 3 is 2.58 bits per heavy atom. The molecule has 0 bridgehead atoms. The summed E-state index contributed by atoms with van der Waals surface area (Å²) in [5.74, 6) is 1.80. The van der Waals surface area contributed by atoms with E-state index in [4.69, 9.17) is 10.7 Å². The van der Waals surface area contributed by atoms with Crippen molar-refractivity contribution < 1.29 is 4.79 Å². The molecule has 6 nitrogen and oxygen atoms in total. The largest absolute Gasteiger partial charge is 0.356 e. The zero-order chi connectivity index (χ0) is 18.1. The molecule has 26 heavy (non-hydrogen) atoms. The Morgan fingerprint density at radius 2 is 1.85 bits per heavy atom. The molecule has 2 N–H and O–H groups in total. The number of hydrogen-bond acceptors (Lipinski definition) is 5. The van der Waals surface area contributed by atoms with Gasteiger partial charge in [0.25, 0.3) is 0 Å². The minimum Gasteiger partial charge on any atom is -0.356 e. The van der Waals surface area contributed by atoms with E-state index >= 15 is 0 Å². The van der Waals surface area contributed by atoms with Crippen LogP contribution in [-0.4, -0.2) is 40.4 Å². The summed E-state index contributed by atoms with van der Waals surface area (Å²) in [4.78, 5) is 26.4. The minimum atomic E-state index is -0.626. The van der Waals surface area contributed by atoms with Crippen molar-refractivity contribution in [2.75, 3.05) is 24.5 Å². The van der Waals surface area contributed by atoms with Crippen LogP contribution in [0.1, 0.15) is 41.5 Å². The van der Waals surface area contributed by atoms with Crippen LogP contribution in [-0.2, 0) is 17.8 Å². The molecule has 1 saturated heterocycles. The number of nitrogens with zero attached hydrogens (tertiary/aromatic N) is 4. The van der Waals surface area contributed by atoms with Crippen LogP contribution in [0.25, 0.3) is 0 Å². The number of fused-ring (bicyclic) bond motifs is 1. The van der Waals surface area contributed by atoms with Crippen molar-refractivity contribution in [1.29, 1.82) is 0 Å². The summed E-state index contributed by atoms with van der Waals surface area (Å²) >= 11 is 0. The molecule has 0 aliphatic carbocycles. The molecule has 2 aromatic rings. The maximum Gasteiger partial charge on any atom is 0.244 e. The Kier molecular flexibility index (Phi) is 4.59. The van der Waals surface area contributed by atoms with Gasteiger partial charge in [0.2, 0.25) is 5.91 Å². The predicted octanol–water partition coefficient (Wildman–Crippen LogP) is 1.97. The summed E-state index contributed by atoms with van der Waals surface area (Å²) in [7, 11) is 0. The lowest BCUT2D eigenvalue weighted by Gasteiger charge is -2.32. The van der Waals surface area contributed by atoms with Gasteiger partial charge in [-0.2, -0.15) is 0 Å². The van der Waals surface area contributed by atoms with E-state index in [0.29, 0.717) is 13.1 Å². The van der Waals surface area contributed by atoms with Crippen LogP contribution in [0, 0.1) is 6.92 Å². The van der Waals surface area contributed by atoms with E-state index in [-0.39, 0.29) is 5.91 Å². The highest BCUT2D eigenvalue weighted by molar-refractivity contribution is 5.83. The van der Waals surface area contributed by atoms with Gasteiger partial charge in [-0.05, 0) is 31.7 Å². The molecule has 0 radical (unpaired) electrons. The van der Waals surface area contributed by atoms with Gasteiger partial charge in [0.15, 0.2) is 0 Å². The van der Waals surface area contributed by atoms with Crippen LogP contribution >= 0.6 is 0 Å². The van der Waals surface area contributed by atoms with Crippen molar-refractivity contribution in [3.63, 3.8) is 0 Å². The van der Waals surface area contributed by atoms with Gasteiger partial charge < -0.3 is 15.5 Å². The molecular weight excluding hydrogens is 326 g/mol. The quantitative estimate of drug-likeness (QED) is 0.915. The maximum absolute atomic E-state index is 12.9.